The normalized spacial score (nSPS) is 20.4. The van der Waals surface area contributed by atoms with Gasteiger partial charge in [-0.05, 0) is 24.6 Å². The summed E-state index contributed by atoms with van der Waals surface area (Å²) >= 11 is 3.39. The van der Waals surface area contributed by atoms with Gasteiger partial charge in [-0.25, -0.2) is 0 Å². The fourth-order valence-corrected chi connectivity index (χ4v) is 2.30. The van der Waals surface area contributed by atoms with Crippen LogP contribution in [0.3, 0.4) is 0 Å². The minimum absolute atomic E-state index is 0.0990. The van der Waals surface area contributed by atoms with Crippen LogP contribution in [-0.4, -0.2) is 36.6 Å². The van der Waals surface area contributed by atoms with E-state index in [-0.39, 0.29) is 11.9 Å². The van der Waals surface area contributed by atoms with Gasteiger partial charge in [-0.15, -0.1) is 0 Å². The highest BCUT2D eigenvalue weighted by Gasteiger charge is 2.24. The predicted molar refractivity (Wildman–Crippen MR) is 70.4 cm³/mol. The molecule has 17 heavy (non-hydrogen) atoms. The molecule has 0 saturated carbocycles. The molecular weight excluding hydrogens is 282 g/mol. The van der Waals surface area contributed by atoms with Crippen LogP contribution in [0, 0.1) is 0 Å². The van der Waals surface area contributed by atoms with Gasteiger partial charge >= 0.3 is 0 Å². The third-order valence-electron chi connectivity index (χ3n) is 2.98. The molecule has 3 nitrogen and oxygen atoms in total. The molecule has 92 valence electrons. The van der Waals surface area contributed by atoms with E-state index in [1.165, 1.54) is 5.56 Å². The lowest BCUT2D eigenvalue weighted by Gasteiger charge is -2.33. The Hall–Kier alpha value is -0.870. The SMILES string of the molecule is CC1COCCN1C(=O)c1ccc(CBr)cc1. The second kappa shape index (κ2) is 5.65. The maximum atomic E-state index is 12.3. The fraction of sp³-hybridized carbons (Fsp3) is 0.462. The van der Waals surface area contributed by atoms with Crippen LogP contribution >= 0.6 is 15.9 Å². The molecule has 1 heterocycles. The summed E-state index contributed by atoms with van der Waals surface area (Å²) in [4.78, 5) is 14.2. The third-order valence-corrected chi connectivity index (χ3v) is 3.63. The van der Waals surface area contributed by atoms with Gasteiger partial charge in [0.25, 0.3) is 5.91 Å². The van der Waals surface area contributed by atoms with Crippen LogP contribution in [0.2, 0.25) is 0 Å². The van der Waals surface area contributed by atoms with E-state index < -0.39 is 0 Å². The number of nitrogens with zero attached hydrogens (tertiary/aromatic N) is 1. The lowest BCUT2D eigenvalue weighted by molar-refractivity contribution is 0.00359. The average molecular weight is 298 g/mol. The molecule has 1 aliphatic rings. The summed E-state index contributed by atoms with van der Waals surface area (Å²) in [5, 5.41) is 0.815. The van der Waals surface area contributed by atoms with E-state index in [0.29, 0.717) is 19.8 Å². The topological polar surface area (TPSA) is 29.5 Å². The summed E-state index contributed by atoms with van der Waals surface area (Å²) in [5.41, 5.74) is 1.93. The molecular formula is C13H16BrNO2. The zero-order chi connectivity index (χ0) is 12.3. The summed E-state index contributed by atoms with van der Waals surface area (Å²) in [6.07, 6.45) is 0. The lowest BCUT2D eigenvalue weighted by atomic mass is 10.1. The van der Waals surface area contributed by atoms with Gasteiger partial charge in [0.15, 0.2) is 0 Å². The smallest absolute Gasteiger partial charge is 0.254 e. The molecule has 4 heteroatoms. The molecule has 0 aromatic heterocycles. The van der Waals surface area contributed by atoms with E-state index in [1.54, 1.807) is 0 Å². The Morgan fingerprint density at radius 3 is 2.76 bits per heavy atom. The fourth-order valence-electron chi connectivity index (χ4n) is 1.93. The zero-order valence-corrected chi connectivity index (χ0v) is 11.4. The highest BCUT2D eigenvalue weighted by atomic mass is 79.9. The van der Waals surface area contributed by atoms with Crippen LogP contribution in [0.5, 0.6) is 0 Å². The molecule has 1 unspecified atom stereocenters. The first-order valence-corrected chi connectivity index (χ1v) is 6.88. The van der Waals surface area contributed by atoms with Crippen molar-refractivity contribution in [1.29, 1.82) is 0 Å². The second-order valence-corrected chi connectivity index (χ2v) is 4.81. The van der Waals surface area contributed by atoms with Crippen LogP contribution in [-0.2, 0) is 10.1 Å². The van der Waals surface area contributed by atoms with E-state index in [2.05, 4.69) is 15.9 Å². The summed E-state index contributed by atoms with van der Waals surface area (Å²) in [5.74, 6) is 0.0990. The first-order chi connectivity index (χ1) is 8.22. The molecule has 0 bridgehead atoms. The van der Waals surface area contributed by atoms with Gasteiger partial charge in [-0.3, -0.25) is 4.79 Å². The Morgan fingerprint density at radius 2 is 2.18 bits per heavy atom. The van der Waals surface area contributed by atoms with Gasteiger partial charge in [0.1, 0.15) is 0 Å². The quantitative estimate of drug-likeness (QED) is 0.785. The number of benzene rings is 1. The van der Waals surface area contributed by atoms with Gasteiger partial charge < -0.3 is 9.64 Å². The largest absolute Gasteiger partial charge is 0.377 e. The molecule has 2 rings (SSSR count). The van der Waals surface area contributed by atoms with Crippen molar-refractivity contribution in [2.45, 2.75) is 18.3 Å². The molecule has 1 atom stereocenters. The van der Waals surface area contributed by atoms with Crippen molar-refractivity contribution in [2.75, 3.05) is 19.8 Å². The van der Waals surface area contributed by atoms with Crippen LogP contribution in [0.1, 0.15) is 22.8 Å². The van der Waals surface area contributed by atoms with E-state index in [1.807, 2.05) is 36.1 Å². The van der Waals surface area contributed by atoms with Crippen LogP contribution in [0.4, 0.5) is 0 Å². The number of halogens is 1. The number of hydrogen-bond donors (Lipinski definition) is 0. The highest BCUT2D eigenvalue weighted by Crippen LogP contribution is 2.14. The summed E-state index contributed by atoms with van der Waals surface area (Å²) in [7, 11) is 0. The Labute approximate surface area is 110 Å². The Bertz CT molecular complexity index is 391. The Morgan fingerprint density at radius 1 is 1.47 bits per heavy atom. The van der Waals surface area contributed by atoms with Crippen molar-refractivity contribution >= 4 is 21.8 Å². The maximum Gasteiger partial charge on any atom is 0.254 e. The number of hydrogen-bond acceptors (Lipinski definition) is 2. The van der Waals surface area contributed by atoms with E-state index in [0.717, 1.165) is 10.9 Å². The number of carbonyl (C=O) groups excluding carboxylic acids is 1. The van der Waals surface area contributed by atoms with Gasteiger partial charge in [-0.1, -0.05) is 28.1 Å². The van der Waals surface area contributed by atoms with Crippen molar-refractivity contribution in [1.82, 2.24) is 4.90 Å². The molecule has 0 radical (unpaired) electrons. The van der Waals surface area contributed by atoms with Crippen LogP contribution < -0.4 is 0 Å². The van der Waals surface area contributed by atoms with E-state index in [4.69, 9.17) is 4.74 Å². The van der Waals surface area contributed by atoms with Crippen LogP contribution in [0.25, 0.3) is 0 Å². The average Bonchev–Trinajstić information content (AvgIpc) is 2.39. The summed E-state index contributed by atoms with van der Waals surface area (Å²) < 4.78 is 5.33. The number of amides is 1. The molecule has 1 saturated heterocycles. The first-order valence-electron chi connectivity index (χ1n) is 5.76. The molecule has 1 aliphatic heterocycles. The highest BCUT2D eigenvalue weighted by molar-refractivity contribution is 9.08. The van der Waals surface area contributed by atoms with Gasteiger partial charge in [0, 0.05) is 17.4 Å². The Balaban J connectivity index is 2.12. The number of rotatable bonds is 2. The molecule has 0 N–H and O–H groups in total. The molecule has 1 amide bonds. The maximum absolute atomic E-state index is 12.3. The molecule has 0 spiro atoms. The first kappa shape index (κ1) is 12.6. The van der Waals surface area contributed by atoms with Crippen molar-refractivity contribution in [3.63, 3.8) is 0 Å². The van der Waals surface area contributed by atoms with Crippen molar-refractivity contribution in [2.24, 2.45) is 0 Å². The number of carbonyl (C=O) groups is 1. The molecule has 1 aromatic rings. The lowest BCUT2D eigenvalue weighted by Crippen LogP contribution is -2.47. The molecule has 1 aromatic carbocycles. The van der Waals surface area contributed by atoms with Gasteiger partial charge in [-0.2, -0.15) is 0 Å². The minimum Gasteiger partial charge on any atom is -0.377 e. The predicted octanol–water partition coefficient (Wildman–Crippen LogP) is 2.44. The number of morpholine rings is 1. The van der Waals surface area contributed by atoms with Crippen molar-refractivity contribution < 1.29 is 9.53 Å². The van der Waals surface area contributed by atoms with E-state index >= 15 is 0 Å². The van der Waals surface area contributed by atoms with E-state index in [9.17, 15) is 4.79 Å². The standard InChI is InChI=1S/C13H16BrNO2/c1-10-9-17-7-6-15(10)13(16)12-4-2-11(8-14)3-5-12/h2-5,10H,6-9H2,1H3. The molecule has 1 fully saturated rings. The van der Waals surface area contributed by atoms with Crippen molar-refractivity contribution in [3.8, 4) is 0 Å². The van der Waals surface area contributed by atoms with Crippen LogP contribution in [0.15, 0.2) is 24.3 Å². The minimum atomic E-state index is 0.0990. The second-order valence-electron chi connectivity index (χ2n) is 4.25. The number of alkyl halides is 1. The summed E-state index contributed by atoms with van der Waals surface area (Å²) in [6.45, 7) is 3.96. The third kappa shape index (κ3) is 2.87. The van der Waals surface area contributed by atoms with Gasteiger partial charge in [0.2, 0.25) is 0 Å². The van der Waals surface area contributed by atoms with Gasteiger partial charge in [0.05, 0.1) is 19.3 Å². The number of ether oxygens (including phenoxy) is 1. The molecule has 0 aliphatic carbocycles. The van der Waals surface area contributed by atoms with Crippen molar-refractivity contribution in [3.05, 3.63) is 35.4 Å². The summed E-state index contributed by atoms with van der Waals surface area (Å²) in [6, 6.07) is 7.90. The zero-order valence-electron chi connectivity index (χ0n) is 9.86. The monoisotopic (exact) mass is 297 g/mol. The Kier molecular flexibility index (Phi) is 4.18.